The van der Waals surface area contributed by atoms with Crippen LogP contribution in [0.5, 0.6) is 0 Å². The summed E-state index contributed by atoms with van der Waals surface area (Å²) in [5.41, 5.74) is 4.82. The molecule has 0 N–H and O–H groups in total. The van der Waals surface area contributed by atoms with Gasteiger partial charge in [0.2, 0.25) is 0 Å². The van der Waals surface area contributed by atoms with Crippen molar-refractivity contribution in [3.05, 3.63) is 98.9 Å². The standard InChI is InChI=1S/C29H26F2N4O4S/c30-29(31)40-26-9-6-21(7-10-26)27-11-8-25(39-27)19-33-32-18-23-5-4-22(28(23)34-12-14-38-15-13-34)16-20-2-1-3-24(17-20)35(36)37/h1-3,6-11,16-19,29H,4-5,12-15H2/b22-16+,32-18-,33-19-. The molecule has 0 radical (unpaired) electrons. The summed E-state index contributed by atoms with van der Waals surface area (Å²) in [7, 11) is 0. The van der Waals surface area contributed by atoms with Crippen molar-refractivity contribution in [2.45, 2.75) is 23.5 Å². The Morgan fingerprint density at radius 2 is 1.77 bits per heavy atom. The number of nitrogens with zero attached hydrogens (tertiary/aromatic N) is 4. The zero-order valence-corrected chi connectivity index (χ0v) is 22.2. The maximum absolute atomic E-state index is 12.5. The van der Waals surface area contributed by atoms with Crippen LogP contribution < -0.4 is 0 Å². The second-order valence-corrected chi connectivity index (χ2v) is 10.2. The van der Waals surface area contributed by atoms with Crippen molar-refractivity contribution in [2.24, 2.45) is 10.2 Å². The maximum atomic E-state index is 12.5. The van der Waals surface area contributed by atoms with E-state index in [4.69, 9.17) is 9.15 Å². The number of hydrogen-bond acceptors (Lipinski definition) is 8. The first-order chi connectivity index (χ1) is 19.5. The lowest BCUT2D eigenvalue weighted by molar-refractivity contribution is -0.384. The Labute approximate surface area is 233 Å². The van der Waals surface area contributed by atoms with Crippen molar-refractivity contribution in [3.8, 4) is 11.3 Å². The maximum Gasteiger partial charge on any atom is 0.288 e. The highest BCUT2D eigenvalue weighted by atomic mass is 32.2. The van der Waals surface area contributed by atoms with Gasteiger partial charge in [-0.25, -0.2) is 0 Å². The summed E-state index contributed by atoms with van der Waals surface area (Å²) in [5, 5.41) is 19.7. The largest absolute Gasteiger partial charge is 0.455 e. The molecule has 5 rings (SSSR count). The molecule has 0 unspecified atom stereocenters. The zero-order valence-electron chi connectivity index (χ0n) is 21.4. The Hall–Kier alpha value is -4.09. The number of ether oxygens (including phenoxy) is 1. The average Bonchev–Trinajstić information content (AvgIpc) is 3.59. The summed E-state index contributed by atoms with van der Waals surface area (Å²) in [6.45, 7) is 2.76. The number of benzene rings is 2. The molecule has 1 aliphatic carbocycles. The summed E-state index contributed by atoms with van der Waals surface area (Å²) in [6.07, 6.45) is 6.84. The minimum atomic E-state index is -2.46. The van der Waals surface area contributed by atoms with Crippen molar-refractivity contribution in [1.82, 2.24) is 4.90 Å². The molecule has 1 fully saturated rings. The molecule has 2 aromatic carbocycles. The molecular weight excluding hydrogens is 538 g/mol. The third-order valence-corrected chi connectivity index (χ3v) is 7.20. The van der Waals surface area contributed by atoms with Crippen LogP contribution in [0.3, 0.4) is 0 Å². The van der Waals surface area contributed by atoms with E-state index in [0.717, 1.165) is 53.9 Å². The number of morpholine rings is 1. The first-order valence-corrected chi connectivity index (χ1v) is 13.6. The van der Waals surface area contributed by atoms with E-state index in [2.05, 4.69) is 15.1 Å². The van der Waals surface area contributed by atoms with Crippen LogP contribution in [0.2, 0.25) is 0 Å². The van der Waals surface area contributed by atoms with Gasteiger partial charge in [0.15, 0.2) is 0 Å². The van der Waals surface area contributed by atoms with Gasteiger partial charge in [-0.2, -0.15) is 19.0 Å². The smallest absolute Gasteiger partial charge is 0.288 e. The fraction of sp³-hybridized carbons (Fsp3) is 0.241. The molecule has 206 valence electrons. The summed E-state index contributed by atoms with van der Waals surface area (Å²) >= 11 is 0.501. The predicted octanol–water partition coefficient (Wildman–Crippen LogP) is 7.04. The minimum absolute atomic E-state index is 0.0595. The van der Waals surface area contributed by atoms with E-state index < -0.39 is 5.76 Å². The lowest BCUT2D eigenvalue weighted by Gasteiger charge is -2.31. The quantitative estimate of drug-likeness (QED) is 0.120. The fourth-order valence-electron chi connectivity index (χ4n) is 4.67. The van der Waals surface area contributed by atoms with Crippen molar-refractivity contribution < 1.29 is 22.9 Å². The molecule has 3 aromatic rings. The highest BCUT2D eigenvalue weighted by molar-refractivity contribution is 7.99. The Balaban J connectivity index is 1.32. The molecule has 11 heteroatoms. The third kappa shape index (κ3) is 6.91. The number of nitro groups is 1. The van der Waals surface area contributed by atoms with Gasteiger partial charge in [0, 0.05) is 41.4 Å². The zero-order chi connectivity index (χ0) is 27.9. The van der Waals surface area contributed by atoms with Crippen LogP contribution in [-0.2, 0) is 4.74 Å². The number of non-ortho nitro benzene ring substituents is 1. The lowest BCUT2D eigenvalue weighted by Crippen LogP contribution is -2.36. The summed E-state index contributed by atoms with van der Waals surface area (Å²) in [5.74, 6) is -1.35. The number of hydrogen-bond donors (Lipinski definition) is 0. The molecule has 0 spiro atoms. The lowest BCUT2D eigenvalue weighted by atomic mass is 10.1. The van der Waals surface area contributed by atoms with Gasteiger partial charge in [-0.1, -0.05) is 36.0 Å². The summed E-state index contributed by atoms with van der Waals surface area (Å²) in [4.78, 5) is 13.6. The molecular formula is C29H26F2N4O4S. The Kier molecular flexibility index (Phi) is 8.82. The second kappa shape index (κ2) is 12.8. The molecule has 0 amide bonds. The first kappa shape index (κ1) is 27.5. The number of rotatable bonds is 9. The topological polar surface area (TPSA) is 93.5 Å². The summed E-state index contributed by atoms with van der Waals surface area (Å²) < 4.78 is 36.4. The van der Waals surface area contributed by atoms with Crippen LogP contribution >= 0.6 is 11.8 Å². The van der Waals surface area contributed by atoms with Crippen molar-refractivity contribution in [2.75, 3.05) is 26.3 Å². The van der Waals surface area contributed by atoms with E-state index in [9.17, 15) is 18.9 Å². The number of nitro benzene ring substituents is 1. The van der Waals surface area contributed by atoms with Gasteiger partial charge in [0.05, 0.1) is 30.6 Å². The van der Waals surface area contributed by atoms with Crippen molar-refractivity contribution in [1.29, 1.82) is 0 Å². The van der Waals surface area contributed by atoms with E-state index in [-0.39, 0.29) is 10.6 Å². The van der Waals surface area contributed by atoms with Gasteiger partial charge in [-0.05, 0) is 59.9 Å². The molecule has 1 saturated heterocycles. The van der Waals surface area contributed by atoms with Crippen LogP contribution in [0.15, 0.2) is 97.0 Å². The fourth-order valence-corrected chi connectivity index (χ4v) is 5.17. The molecule has 2 heterocycles. The van der Waals surface area contributed by atoms with Crippen molar-refractivity contribution in [3.63, 3.8) is 0 Å². The van der Waals surface area contributed by atoms with E-state index in [1.165, 1.54) is 12.3 Å². The van der Waals surface area contributed by atoms with Gasteiger partial charge >= 0.3 is 0 Å². The molecule has 2 aliphatic rings. The monoisotopic (exact) mass is 564 g/mol. The summed E-state index contributed by atoms with van der Waals surface area (Å²) in [6, 6.07) is 16.9. The third-order valence-electron chi connectivity index (χ3n) is 6.48. The molecule has 0 bridgehead atoms. The van der Waals surface area contributed by atoms with Crippen LogP contribution in [0.4, 0.5) is 14.5 Å². The number of alkyl halides is 2. The SMILES string of the molecule is O=[N+]([O-])c1cccc(/C=C2\CCC(/C=N\N=C/c3ccc(-c4ccc(SC(F)F)cc4)o3)=C2N2CCOCC2)c1. The number of thioether (sulfide) groups is 1. The van der Waals surface area contributed by atoms with Gasteiger partial charge < -0.3 is 14.1 Å². The molecule has 0 saturated carbocycles. The average molecular weight is 565 g/mol. The van der Waals surface area contributed by atoms with E-state index >= 15 is 0 Å². The first-order valence-electron chi connectivity index (χ1n) is 12.7. The van der Waals surface area contributed by atoms with Crippen LogP contribution in [0, 0.1) is 10.1 Å². The van der Waals surface area contributed by atoms with Crippen LogP contribution in [0.25, 0.3) is 17.4 Å². The molecule has 40 heavy (non-hydrogen) atoms. The highest BCUT2D eigenvalue weighted by Crippen LogP contribution is 2.35. The normalized spacial score (nSPS) is 17.3. The van der Waals surface area contributed by atoms with Crippen LogP contribution in [0.1, 0.15) is 24.2 Å². The van der Waals surface area contributed by atoms with Crippen LogP contribution in [-0.4, -0.2) is 54.3 Å². The molecule has 1 aromatic heterocycles. The Morgan fingerprint density at radius 1 is 1.00 bits per heavy atom. The van der Waals surface area contributed by atoms with Gasteiger partial charge in [-0.15, -0.1) is 0 Å². The van der Waals surface area contributed by atoms with E-state index in [1.807, 2.05) is 12.1 Å². The predicted molar refractivity (Wildman–Crippen MR) is 152 cm³/mol. The molecule has 0 atom stereocenters. The highest BCUT2D eigenvalue weighted by Gasteiger charge is 2.25. The van der Waals surface area contributed by atoms with Gasteiger partial charge in [-0.3, -0.25) is 10.1 Å². The number of halogens is 2. The van der Waals surface area contributed by atoms with E-state index in [0.29, 0.717) is 41.4 Å². The minimum Gasteiger partial charge on any atom is -0.455 e. The van der Waals surface area contributed by atoms with Gasteiger partial charge in [0.25, 0.3) is 11.4 Å². The second-order valence-electron chi connectivity index (χ2n) is 9.09. The molecule has 8 nitrogen and oxygen atoms in total. The van der Waals surface area contributed by atoms with Gasteiger partial charge in [0.1, 0.15) is 11.5 Å². The van der Waals surface area contributed by atoms with E-state index in [1.54, 1.807) is 54.7 Å². The molecule has 1 aliphatic heterocycles. The van der Waals surface area contributed by atoms with Crippen molar-refractivity contribution >= 4 is 36.0 Å². The Morgan fingerprint density at radius 3 is 2.52 bits per heavy atom. The Bertz CT molecular complexity index is 1480. The number of allylic oxidation sites excluding steroid dienone is 2. The number of furan rings is 1.